The number of nitrogens with two attached hydrogens (primary N) is 2. The van der Waals surface area contributed by atoms with Gasteiger partial charge in [-0.15, -0.1) is 0 Å². The van der Waals surface area contributed by atoms with Crippen LogP contribution in [0, 0.1) is 0 Å². The smallest absolute Gasteiger partial charge is 0.550 e. The summed E-state index contributed by atoms with van der Waals surface area (Å²) in [6.45, 7) is 0. The third-order valence-electron chi connectivity index (χ3n) is 1.70. The van der Waals surface area contributed by atoms with Crippen LogP contribution in [0.1, 0.15) is 11.6 Å². The fraction of sp³-hybridized carbons (Fsp3) is 0.250. The zero-order valence-electron chi connectivity index (χ0n) is 12.5. The molecule has 2 aromatic heterocycles. The predicted molar refractivity (Wildman–Crippen MR) is 76.0 cm³/mol. The van der Waals surface area contributed by atoms with Crippen LogP contribution in [0.4, 0.5) is 11.9 Å². The maximum Gasteiger partial charge on any atom is 2.00 e. The Bertz CT molecular complexity index is 552. The summed E-state index contributed by atoms with van der Waals surface area (Å²) in [5.41, 5.74) is 10.2. The first-order valence-electron chi connectivity index (χ1n) is 5.10. The van der Waals surface area contributed by atoms with Crippen molar-refractivity contribution >= 4 is 23.8 Å². The number of nitrogens with one attached hydrogen (secondary N) is 2. The maximum absolute atomic E-state index is 9.93. The van der Waals surface area contributed by atoms with Crippen molar-refractivity contribution in [3.63, 3.8) is 0 Å². The van der Waals surface area contributed by atoms with Gasteiger partial charge in [-0.2, -0.15) is 20.2 Å². The van der Waals surface area contributed by atoms with Gasteiger partial charge in [0.15, 0.2) is 11.6 Å². The van der Waals surface area contributed by atoms with Crippen LogP contribution in [0.3, 0.4) is 0 Å². The summed E-state index contributed by atoms with van der Waals surface area (Å²) < 4.78 is 0. The van der Waals surface area contributed by atoms with Crippen molar-refractivity contribution in [1.29, 1.82) is 0 Å². The number of anilines is 2. The predicted octanol–water partition coefficient (Wildman–Crippen LogP) is -8.14. The first-order chi connectivity index (χ1) is 9.36. The third kappa shape index (κ3) is 14.5. The number of nitrogen functional groups attached to an aromatic ring is 2. The Hall–Kier alpha value is -2.85. The van der Waals surface area contributed by atoms with Crippen LogP contribution in [0.25, 0.3) is 0 Å². The Balaban J connectivity index is -0.0000000889. The Morgan fingerprint density at radius 1 is 0.840 bits per heavy atom. The van der Waals surface area contributed by atoms with Crippen LogP contribution in [0.15, 0.2) is 0 Å². The SMILES string of the molecule is Nc1nc(CC(=O)[O-])n[nH]1.Nc1nc(CC(=O)[O-])n[nH]1.O.O.[Ni+2].[OH3+].[OH3+]. The second kappa shape index (κ2) is 16.0. The zero-order valence-corrected chi connectivity index (χ0v) is 13.4. The number of carboxylic acids is 2. The van der Waals surface area contributed by atoms with Crippen molar-refractivity contribution in [3.8, 4) is 0 Å². The number of carbonyl (C=O) groups is 2. The molecule has 25 heavy (non-hydrogen) atoms. The van der Waals surface area contributed by atoms with Gasteiger partial charge in [0.05, 0.1) is 0 Å². The number of hydrogen-bond donors (Lipinski definition) is 4. The Labute approximate surface area is 149 Å². The molecule has 0 unspecified atom stereocenters. The molecule has 0 saturated heterocycles. The molecule has 16 N–H and O–H groups in total. The Morgan fingerprint density at radius 3 is 1.28 bits per heavy atom. The van der Waals surface area contributed by atoms with Crippen LogP contribution in [0.5, 0.6) is 0 Å². The Kier molecular flexibility index (Phi) is 21.6. The molecule has 17 heteroatoms. The standard InChI is InChI=1S/2C4H6N4O2.Ni.4H2O/c2*5-4-6-2(7-8-4)1-3(9)10;;;;;/h2*1H2,(H,9,10)(H3,5,6,7,8);;4*1H2/q;;+2;;;;. The van der Waals surface area contributed by atoms with E-state index < -0.39 is 11.9 Å². The van der Waals surface area contributed by atoms with Crippen LogP contribution < -0.4 is 21.7 Å². The molecule has 2 heterocycles. The van der Waals surface area contributed by atoms with Gasteiger partial charge in [-0.3, -0.25) is 0 Å². The molecule has 2 rings (SSSR count). The fourth-order valence-corrected chi connectivity index (χ4v) is 1.04. The summed E-state index contributed by atoms with van der Waals surface area (Å²) >= 11 is 0. The molecule has 0 fully saturated rings. The second-order valence-corrected chi connectivity index (χ2v) is 3.37. The molecular formula is C8H20N8NiO8+2. The van der Waals surface area contributed by atoms with E-state index in [1.807, 2.05) is 0 Å². The molecule has 16 nitrogen and oxygen atoms in total. The van der Waals surface area contributed by atoms with Crippen molar-refractivity contribution in [2.75, 3.05) is 11.5 Å². The molecule has 2 aromatic rings. The van der Waals surface area contributed by atoms with Crippen molar-refractivity contribution < 1.29 is 58.2 Å². The molecule has 0 atom stereocenters. The third-order valence-corrected chi connectivity index (χ3v) is 1.70. The van der Waals surface area contributed by atoms with E-state index in [0.717, 1.165) is 0 Å². The second-order valence-electron chi connectivity index (χ2n) is 3.37. The first kappa shape index (κ1) is 33.7. The average Bonchev–Trinajstić information content (AvgIpc) is 2.87. The molecule has 0 spiro atoms. The average molecular weight is 415 g/mol. The number of aromatic amines is 2. The maximum atomic E-state index is 9.93. The number of carboxylic acid groups (broad SMARTS) is 2. The van der Waals surface area contributed by atoms with Crippen molar-refractivity contribution in [2.24, 2.45) is 0 Å². The monoisotopic (exact) mass is 414 g/mol. The molecule has 148 valence electrons. The largest absolute Gasteiger partial charge is 2.00 e. The van der Waals surface area contributed by atoms with E-state index >= 15 is 0 Å². The number of hydrogen-bond acceptors (Lipinski definition) is 10. The topological polar surface area (TPSA) is 344 Å². The minimum absolute atomic E-state index is 0. The van der Waals surface area contributed by atoms with Crippen molar-refractivity contribution in [2.45, 2.75) is 12.8 Å². The zero-order chi connectivity index (χ0) is 15.1. The molecule has 0 amide bonds. The van der Waals surface area contributed by atoms with Gasteiger partial charge in [-0.05, 0) is 0 Å². The number of aromatic nitrogens is 6. The summed E-state index contributed by atoms with van der Waals surface area (Å²) in [4.78, 5) is 26.9. The number of aliphatic carboxylic acids is 2. The normalized spacial score (nSPS) is 7.68. The van der Waals surface area contributed by atoms with E-state index in [0.29, 0.717) is 0 Å². The molecule has 0 aliphatic rings. The van der Waals surface area contributed by atoms with Crippen LogP contribution in [0.2, 0.25) is 0 Å². The molecule has 0 bridgehead atoms. The minimum Gasteiger partial charge on any atom is -0.550 e. The number of rotatable bonds is 4. The summed E-state index contributed by atoms with van der Waals surface area (Å²) in [6, 6.07) is 0. The van der Waals surface area contributed by atoms with Gasteiger partial charge in [0.25, 0.3) is 0 Å². The van der Waals surface area contributed by atoms with E-state index in [4.69, 9.17) is 11.5 Å². The van der Waals surface area contributed by atoms with E-state index in [2.05, 4.69) is 30.4 Å². The van der Waals surface area contributed by atoms with Crippen molar-refractivity contribution in [1.82, 2.24) is 30.4 Å². The fourth-order valence-electron chi connectivity index (χ4n) is 1.04. The number of H-pyrrole nitrogens is 2. The van der Waals surface area contributed by atoms with Gasteiger partial charge in [0.1, 0.15) is 0 Å². The van der Waals surface area contributed by atoms with Crippen molar-refractivity contribution in [3.05, 3.63) is 11.6 Å². The van der Waals surface area contributed by atoms with Gasteiger partial charge in [-0.1, -0.05) is 0 Å². The summed E-state index contributed by atoms with van der Waals surface area (Å²) in [7, 11) is 0. The summed E-state index contributed by atoms with van der Waals surface area (Å²) in [5, 5.41) is 31.4. The van der Waals surface area contributed by atoms with Gasteiger partial charge >= 0.3 is 16.5 Å². The summed E-state index contributed by atoms with van der Waals surface area (Å²) in [6.07, 6.45) is -0.624. The molecule has 0 radical (unpaired) electrons. The van der Waals surface area contributed by atoms with E-state index in [1.165, 1.54) is 0 Å². The Morgan fingerprint density at radius 2 is 1.12 bits per heavy atom. The first-order valence-corrected chi connectivity index (χ1v) is 5.10. The van der Waals surface area contributed by atoms with Gasteiger partial charge in [0, 0.05) is 24.8 Å². The van der Waals surface area contributed by atoms with Crippen LogP contribution in [-0.2, 0) is 49.9 Å². The van der Waals surface area contributed by atoms with E-state index in [-0.39, 0.29) is 74.8 Å². The molecule has 0 aliphatic carbocycles. The van der Waals surface area contributed by atoms with E-state index in [1.54, 1.807) is 0 Å². The number of carbonyl (C=O) groups excluding carboxylic acids is 2. The molecular weight excluding hydrogens is 395 g/mol. The quantitative estimate of drug-likeness (QED) is 0.270. The van der Waals surface area contributed by atoms with Gasteiger partial charge in [0.2, 0.25) is 11.9 Å². The molecule has 0 saturated carbocycles. The van der Waals surface area contributed by atoms with Gasteiger partial charge in [-0.25, -0.2) is 10.2 Å². The summed E-state index contributed by atoms with van der Waals surface area (Å²) in [5.74, 6) is -1.96. The molecule has 0 aromatic carbocycles. The van der Waals surface area contributed by atoms with E-state index in [9.17, 15) is 19.8 Å². The minimum atomic E-state index is -1.22. The van der Waals surface area contributed by atoms with Crippen LogP contribution >= 0.6 is 0 Å². The number of nitrogens with zero attached hydrogens (tertiary/aromatic N) is 4. The van der Waals surface area contributed by atoms with Gasteiger partial charge < -0.3 is 53.2 Å². The molecule has 0 aliphatic heterocycles. The van der Waals surface area contributed by atoms with Crippen LogP contribution in [-0.4, -0.2) is 53.3 Å².